The third-order valence-corrected chi connectivity index (χ3v) is 6.45. The van der Waals surface area contributed by atoms with E-state index in [4.69, 9.17) is 9.15 Å². The first-order valence-electron chi connectivity index (χ1n) is 11.2. The Morgan fingerprint density at radius 2 is 1.62 bits per heavy atom. The second kappa shape index (κ2) is 9.02. The number of hydrogen-bond donors (Lipinski definition) is 0. The molecule has 0 radical (unpaired) electrons. The zero-order chi connectivity index (χ0) is 20.2. The van der Waals surface area contributed by atoms with Crippen LogP contribution in [0.1, 0.15) is 81.5 Å². The fourth-order valence-electron chi connectivity index (χ4n) is 5.05. The lowest BCUT2D eigenvalue weighted by molar-refractivity contribution is 0.0522. The van der Waals surface area contributed by atoms with Crippen molar-refractivity contribution in [1.29, 1.82) is 0 Å². The normalized spacial score (nSPS) is 18.7. The summed E-state index contributed by atoms with van der Waals surface area (Å²) < 4.78 is 10.5. The van der Waals surface area contributed by atoms with Gasteiger partial charge in [0.2, 0.25) is 0 Å². The van der Waals surface area contributed by atoms with Crippen molar-refractivity contribution in [3.05, 3.63) is 40.2 Å². The van der Waals surface area contributed by atoms with Crippen molar-refractivity contribution < 1.29 is 13.9 Å². The molecule has 2 aliphatic carbocycles. The topological polar surface area (TPSA) is 59.8 Å². The van der Waals surface area contributed by atoms with Gasteiger partial charge in [0.1, 0.15) is 11.1 Å². The van der Waals surface area contributed by atoms with E-state index in [1.165, 1.54) is 64.2 Å². The second-order valence-corrected chi connectivity index (χ2v) is 8.38. The van der Waals surface area contributed by atoms with E-state index >= 15 is 0 Å². The summed E-state index contributed by atoms with van der Waals surface area (Å²) in [5.74, 6) is -0.627. The van der Waals surface area contributed by atoms with E-state index in [-0.39, 0.29) is 12.2 Å². The Balaban J connectivity index is 1.70. The summed E-state index contributed by atoms with van der Waals surface area (Å²) in [7, 11) is 0. The highest BCUT2D eigenvalue weighted by Crippen LogP contribution is 2.35. The minimum Gasteiger partial charge on any atom is -0.462 e. The molecule has 0 N–H and O–H groups in total. The lowest BCUT2D eigenvalue weighted by atomic mass is 9.88. The Bertz CT molecular complexity index is 889. The molecule has 0 saturated heterocycles. The van der Waals surface area contributed by atoms with Crippen LogP contribution in [0, 0.1) is 0 Å². The minimum absolute atomic E-state index is 0.0384. The monoisotopic (exact) mass is 397 g/mol. The summed E-state index contributed by atoms with van der Waals surface area (Å²) in [6.45, 7) is 1.95. The van der Waals surface area contributed by atoms with Crippen molar-refractivity contribution in [2.45, 2.75) is 83.2 Å². The van der Waals surface area contributed by atoms with Crippen molar-refractivity contribution in [1.82, 2.24) is 0 Å². The predicted octanol–water partition coefficient (Wildman–Crippen LogP) is 5.44. The van der Waals surface area contributed by atoms with E-state index in [0.29, 0.717) is 17.7 Å². The number of carbonyl (C=O) groups is 1. The molecule has 156 valence electrons. The van der Waals surface area contributed by atoms with E-state index in [1.807, 2.05) is 12.1 Å². The SMILES string of the molecule is CCOC(=O)c1cc2ccc(N(C3CCCCC3)C3CCCCC3)cc2oc1=O. The standard InChI is InChI=1S/C24H31NO4/c1-2-28-23(26)21-15-17-13-14-20(16-22(17)29-24(21)27)25(18-9-5-3-6-10-18)19-11-7-4-8-12-19/h13-16,18-19H,2-12H2,1H3. The first-order chi connectivity index (χ1) is 14.2. The quantitative estimate of drug-likeness (QED) is 0.496. The van der Waals surface area contributed by atoms with Gasteiger partial charge < -0.3 is 14.1 Å². The zero-order valence-electron chi connectivity index (χ0n) is 17.3. The van der Waals surface area contributed by atoms with Gasteiger partial charge in [-0.05, 0) is 50.8 Å². The smallest absolute Gasteiger partial charge is 0.351 e. The van der Waals surface area contributed by atoms with Gasteiger partial charge in [0.05, 0.1) is 6.61 Å². The molecule has 0 spiro atoms. The number of esters is 1. The highest BCUT2D eigenvalue weighted by molar-refractivity contribution is 5.93. The molecule has 1 heterocycles. The molecule has 0 unspecified atom stereocenters. The summed E-state index contributed by atoms with van der Waals surface area (Å²) in [5.41, 5.74) is 1.01. The summed E-state index contributed by atoms with van der Waals surface area (Å²) in [4.78, 5) is 27.0. The lowest BCUT2D eigenvalue weighted by Gasteiger charge is -2.43. The van der Waals surface area contributed by atoms with Gasteiger partial charge >= 0.3 is 11.6 Å². The first kappa shape index (κ1) is 20.0. The zero-order valence-corrected chi connectivity index (χ0v) is 17.3. The number of ether oxygens (including phenoxy) is 1. The van der Waals surface area contributed by atoms with Crippen LogP contribution in [-0.4, -0.2) is 24.7 Å². The van der Waals surface area contributed by atoms with E-state index < -0.39 is 11.6 Å². The number of carbonyl (C=O) groups excluding carboxylic acids is 1. The lowest BCUT2D eigenvalue weighted by Crippen LogP contribution is -2.45. The molecule has 1 aromatic heterocycles. The maximum absolute atomic E-state index is 12.4. The molecule has 29 heavy (non-hydrogen) atoms. The van der Waals surface area contributed by atoms with Gasteiger partial charge in [0.25, 0.3) is 0 Å². The minimum atomic E-state index is -0.630. The molecule has 0 bridgehead atoms. The average molecular weight is 398 g/mol. The summed E-state index contributed by atoms with van der Waals surface area (Å²) in [6.07, 6.45) is 12.8. The van der Waals surface area contributed by atoms with Crippen molar-refractivity contribution in [3.8, 4) is 0 Å². The molecule has 1 aromatic carbocycles. The molecule has 0 amide bonds. The molecule has 4 rings (SSSR count). The molecule has 2 fully saturated rings. The van der Waals surface area contributed by atoms with E-state index in [2.05, 4.69) is 11.0 Å². The van der Waals surface area contributed by atoms with Gasteiger partial charge in [-0.15, -0.1) is 0 Å². The van der Waals surface area contributed by atoms with Crippen molar-refractivity contribution >= 4 is 22.6 Å². The molecule has 2 aromatic rings. The maximum atomic E-state index is 12.4. The van der Waals surface area contributed by atoms with E-state index in [0.717, 1.165) is 11.1 Å². The van der Waals surface area contributed by atoms with Crippen molar-refractivity contribution in [2.24, 2.45) is 0 Å². The molecule has 5 nitrogen and oxygen atoms in total. The van der Waals surface area contributed by atoms with Crippen LogP contribution in [0.15, 0.2) is 33.5 Å². The van der Waals surface area contributed by atoms with Crippen molar-refractivity contribution in [3.63, 3.8) is 0 Å². The van der Waals surface area contributed by atoms with Crippen LogP contribution in [0.25, 0.3) is 11.0 Å². The van der Waals surface area contributed by atoms with Crippen LogP contribution in [0.3, 0.4) is 0 Å². The highest BCUT2D eigenvalue weighted by atomic mass is 16.5. The van der Waals surface area contributed by atoms with Crippen LogP contribution in [0.4, 0.5) is 5.69 Å². The largest absolute Gasteiger partial charge is 0.462 e. The first-order valence-corrected chi connectivity index (χ1v) is 11.2. The number of benzene rings is 1. The molecule has 2 saturated carbocycles. The highest BCUT2D eigenvalue weighted by Gasteiger charge is 2.29. The van der Waals surface area contributed by atoms with Gasteiger partial charge in [0, 0.05) is 29.2 Å². The van der Waals surface area contributed by atoms with Gasteiger partial charge in [-0.25, -0.2) is 9.59 Å². The fraction of sp³-hybridized carbons (Fsp3) is 0.583. The molecule has 5 heteroatoms. The van der Waals surface area contributed by atoms with Crippen LogP contribution in [-0.2, 0) is 4.74 Å². The Morgan fingerprint density at radius 3 is 2.21 bits per heavy atom. The molecule has 0 atom stereocenters. The van der Waals surface area contributed by atoms with E-state index in [9.17, 15) is 9.59 Å². The summed E-state index contributed by atoms with van der Waals surface area (Å²) >= 11 is 0. The Morgan fingerprint density at radius 1 is 1.00 bits per heavy atom. The third kappa shape index (κ3) is 4.34. The average Bonchev–Trinajstić information content (AvgIpc) is 2.75. The fourth-order valence-corrected chi connectivity index (χ4v) is 5.05. The van der Waals surface area contributed by atoms with E-state index in [1.54, 1.807) is 13.0 Å². The number of nitrogens with zero attached hydrogens (tertiary/aromatic N) is 1. The van der Waals surface area contributed by atoms with Crippen LogP contribution >= 0.6 is 0 Å². The molecule has 0 aliphatic heterocycles. The van der Waals surface area contributed by atoms with Gasteiger partial charge in [-0.3, -0.25) is 0 Å². The summed E-state index contributed by atoms with van der Waals surface area (Å²) in [5, 5.41) is 0.753. The molecular formula is C24H31NO4. The van der Waals surface area contributed by atoms with Gasteiger partial charge in [-0.2, -0.15) is 0 Å². The summed E-state index contributed by atoms with van der Waals surface area (Å²) in [6, 6.07) is 8.81. The molecule has 2 aliphatic rings. The molecular weight excluding hydrogens is 366 g/mol. The number of anilines is 1. The number of fused-ring (bicyclic) bond motifs is 1. The maximum Gasteiger partial charge on any atom is 0.351 e. The Labute approximate surface area is 172 Å². The Hall–Kier alpha value is -2.30. The van der Waals surface area contributed by atoms with Gasteiger partial charge in [0.15, 0.2) is 0 Å². The van der Waals surface area contributed by atoms with Gasteiger partial charge in [-0.1, -0.05) is 38.5 Å². The third-order valence-electron chi connectivity index (χ3n) is 6.45. The van der Waals surface area contributed by atoms with Crippen LogP contribution < -0.4 is 10.5 Å². The number of rotatable bonds is 5. The second-order valence-electron chi connectivity index (χ2n) is 8.38. The predicted molar refractivity (Wildman–Crippen MR) is 115 cm³/mol. The number of hydrogen-bond acceptors (Lipinski definition) is 5. The Kier molecular flexibility index (Phi) is 6.22. The van der Waals surface area contributed by atoms with Crippen LogP contribution in [0.5, 0.6) is 0 Å². The van der Waals surface area contributed by atoms with Crippen LogP contribution in [0.2, 0.25) is 0 Å². The van der Waals surface area contributed by atoms with Crippen molar-refractivity contribution in [2.75, 3.05) is 11.5 Å².